The van der Waals surface area contributed by atoms with Crippen LogP contribution in [-0.2, 0) is 0 Å². The fourth-order valence-electron chi connectivity index (χ4n) is 1.81. The van der Waals surface area contributed by atoms with Crippen molar-refractivity contribution in [3.63, 3.8) is 0 Å². The molecule has 0 bridgehead atoms. The van der Waals surface area contributed by atoms with Crippen molar-refractivity contribution in [3.05, 3.63) is 23.2 Å². The van der Waals surface area contributed by atoms with Crippen LogP contribution in [0.3, 0.4) is 0 Å². The van der Waals surface area contributed by atoms with E-state index < -0.39 is 0 Å². The third-order valence-electron chi connectivity index (χ3n) is 3.38. The summed E-state index contributed by atoms with van der Waals surface area (Å²) in [5, 5.41) is 4.03. The number of thioether (sulfide) groups is 1. The number of nitrogens with two attached hydrogens (primary N) is 1. The molecule has 0 fully saturated rings. The lowest BCUT2D eigenvalue weighted by molar-refractivity contribution is 0.575. The van der Waals surface area contributed by atoms with Crippen molar-refractivity contribution in [3.8, 4) is 0 Å². The fraction of sp³-hybridized carbons (Fsp3) is 0.538. The van der Waals surface area contributed by atoms with Crippen LogP contribution in [0.4, 0.5) is 11.4 Å². The highest BCUT2D eigenvalue weighted by Gasteiger charge is 2.24. The Balaban J connectivity index is 2.75. The first-order chi connectivity index (χ1) is 8.08. The van der Waals surface area contributed by atoms with E-state index in [0.717, 1.165) is 25.1 Å². The minimum atomic E-state index is 0.273. The molecule has 0 aliphatic carbocycles. The Bertz CT molecular complexity index is 356. The van der Waals surface area contributed by atoms with Crippen molar-refractivity contribution in [2.75, 3.05) is 23.9 Å². The van der Waals surface area contributed by atoms with Gasteiger partial charge in [0, 0.05) is 11.3 Å². The van der Waals surface area contributed by atoms with Gasteiger partial charge in [-0.1, -0.05) is 31.5 Å². The molecule has 17 heavy (non-hydrogen) atoms. The first-order valence-electron chi connectivity index (χ1n) is 5.91. The van der Waals surface area contributed by atoms with Crippen LogP contribution in [0.5, 0.6) is 0 Å². The molecule has 3 N–H and O–H groups in total. The standard InChI is InChI=1S/C13H21ClN2S/c1-4-13(5-2,17-3)9-16-11-8-6-7-10(14)12(11)15/h6-8,16H,4-5,9,15H2,1-3H3. The monoisotopic (exact) mass is 272 g/mol. The second kappa shape index (κ2) is 6.41. The van der Waals surface area contributed by atoms with Crippen LogP contribution >= 0.6 is 23.4 Å². The number of nitrogen functional groups attached to an aromatic ring is 1. The van der Waals surface area contributed by atoms with E-state index in [1.54, 1.807) is 0 Å². The van der Waals surface area contributed by atoms with Gasteiger partial charge in [-0.25, -0.2) is 0 Å². The van der Waals surface area contributed by atoms with E-state index in [0.29, 0.717) is 10.7 Å². The summed E-state index contributed by atoms with van der Waals surface area (Å²) in [5.74, 6) is 0. The van der Waals surface area contributed by atoms with E-state index in [4.69, 9.17) is 17.3 Å². The van der Waals surface area contributed by atoms with Gasteiger partial charge in [0.25, 0.3) is 0 Å². The first kappa shape index (κ1) is 14.5. The predicted molar refractivity (Wildman–Crippen MR) is 81.2 cm³/mol. The summed E-state index contributed by atoms with van der Waals surface area (Å²) in [6.45, 7) is 5.36. The van der Waals surface area contributed by atoms with Crippen LogP contribution in [0.2, 0.25) is 5.02 Å². The molecule has 0 atom stereocenters. The molecule has 0 unspecified atom stereocenters. The number of hydrogen-bond donors (Lipinski definition) is 2. The van der Waals surface area contributed by atoms with E-state index in [1.165, 1.54) is 0 Å². The third-order valence-corrected chi connectivity index (χ3v) is 5.29. The van der Waals surface area contributed by atoms with Gasteiger partial charge in [-0.2, -0.15) is 11.8 Å². The molecular weight excluding hydrogens is 252 g/mol. The average molecular weight is 273 g/mol. The number of hydrogen-bond acceptors (Lipinski definition) is 3. The van der Waals surface area contributed by atoms with Gasteiger partial charge in [-0.3, -0.25) is 0 Å². The Hall–Kier alpha value is -0.540. The summed E-state index contributed by atoms with van der Waals surface area (Å²) in [6.07, 6.45) is 4.44. The van der Waals surface area contributed by atoms with Gasteiger partial charge < -0.3 is 11.1 Å². The molecule has 0 aliphatic rings. The summed E-state index contributed by atoms with van der Waals surface area (Å²) in [6, 6.07) is 5.70. The van der Waals surface area contributed by atoms with Crippen molar-refractivity contribution in [2.45, 2.75) is 31.4 Å². The van der Waals surface area contributed by atoms with Crippen molar-refractivity contribution in [2.24, 2.45) is 0 Å². The largest absolute Gasteiger partial charge is 0.396 e. The van der Waals surface area contributed by atoms with E-state index in [1.807, 2.05) is 30.0 Å². The van der Waals surface area contributed by atoms with E-state index in [-0.39, 0.29) is 4.75 Å². The van der Waals surface area contributed by atoms with Gasteiger partial charge in [0.05, 0.1) is 16.4 Å². The molecule has 4 heteroatoms. The minimum absolute atomic E-state index is 0.273. The molecule has 0 spiro atoms. The molecule has 0 aliphatic heterocycles. The smallest absolute Gasteiger partial charge is 0.0739 e. The maximum Gasteiger partial charge on any atom is 0.0739 e. The zero-order chi connectivity index (χ0) is 12.9. The lowest BCUT2D eigenvalue weighted by atomic mass is 10.0. The second-order valence-corrected chi connectivity index (χ2v) is 5.83. The van der Waals surface area contributed by atoms with E-state index in [2.05, 4.69) is 25.4 Å². The zero-order valence-electron chi connectivity index (χ0n) is 10.7. The van der Waals surface area contributed by atoms with Crippen molar-refractivity contribution < 1.29 is 0 Å². The molecule has 0 saturated heterocycles. The van der Waals surface area contributed by atoms with Gasteiger partial charge in [0.1, 0.15) is 0 Å². The maximum atomic E-state index is 6.00. The number of nitrogens with one attached hydrogen (secondary N) is 1. The number of anilines is 2. The molecule has 0 saturated carbocycles. The van der Waals surface area contributed by atoms with Crippen LogP contribution in [-0.4, -0.2) is 17.5 Å². The molecule has 0 heterocycles. The third kappa shape index (κ3) is 3.46. The van der Waals surface area contributed by atoms with Crippen molar-refractivity contribution >= 4 is 34.7 Å². The van der Waals surface area contributed by atoms with Crippen LogP contribution in [0, 0.1) is 0 Å². The Labute approximate surface area is 113 Å². The van der Waals surface area contributed by atoms with Crippen LogP contribution < -0.4 is 11.1 Å². The van der Waals surface area contributed by atoms with Gasteiger partial charge in [0.2, 0.25) is 0 Å². The Morgan fingerprint density at radius 1 is 1.35 bits per heavy atom. The quantitative estimate of drug-likeness (QED) is 0.760. The summed E-state index contributed by atoms with van der Waals surface area (Å²) in [5.41, 5.74) is 7.50. The van der Waals surface area contributed by atoms with Crippen molar-refractivity contribution in [1.29, 1.82) is 0 Å². The van der Waals surface area contributed by atoms with Gasteiger partial charge >= 0.3 is 0 Å². The Morgan fingerprint density at radius 2 is 2.00 bits per heavy atom. The summed E-state index contributed by atoms with van der Waals surface area (Å²) < 4.78 is 0.273. The summed E-state index contributed by atoms with van der Waals surface area (Å²) in [4.78, 5) is 0. The van der Waals surface area contributed by atoms with Crippen molar-refractivity contribution in [1.82, 2.24) is 0 Å². The zero-order valence-corrected chi connectivity index (χ0v) is 12.3. The lowest BCUT2D eigenvalue weighted by Crippen LogP contribution is -2.32. The Morgan fingerprint density at radius 3 is 2.53 bits per heavy atom. The first-order valence-corrected chi connectivity index (χ1v) is 7.52. The maximum absolute atomic E-state index is 6.00. The molecule has 1 aromatic carbocycles. The Kier molecular flexibility index (Phi) is 5.47. The van der Waals surface area contributed by atoms with Crippen LogP contribution in [0.25, 0.3) is 0 Å². The lowest BCUT2D eigenvalue weighted by Gasteiger charge is -2.30. The molecule has 0 radical (unpaired) electrons. The van der Waals surface area contributed by atoms with Crippen LogP contribution in [0.1, 0.15) is 26.7 Å². The number of halogens is 1. The number of benzene rings is 1. The molecule has 0 aromatic heterocycles. The van der Waals surface area contributed by atoms with Gasteiger partial charge in [-0.15, -0.1) is 0 Å². The normalized spacial score (nSPS) is 11.5. The summed E-state index contributed by atoms with van der Waals surface area (Å²) in [7, 11) is 0. The van der Waals surface area contributed by atoms with E-state index >= 15 is 0 Å². The average Bonchev–Trinajstić information content (AvgIpc) is 2.36. The fourth-order valence-corrected chi connectivity index (χ4v) is 2.78. The molecule has 2 nitrogen and oxygen atoms in total. The number of para-hydroxylation sites is 1. The molecule has 0 amide bonds. The predicted octanol–water partition coefficient (Wildman–Crippen LogP) is 4.26. The SMILES string of the molecule is CCC(CC)(CNc1cccc(Cl)c1N)SC. The molecule has 1 rings (SSSR count). The number of rotatable bonds is 6. The highest BCUT2D eigenvalue weighted by Crippen LogP contribution is 2.32. The van der Waals surface area contributed by atoms with Gasteiger partial charge in [0.15, 0.2) is 0 Å². The highest BCUT2D eigenvalue weighted by atomic mass is 35.5. The van der Waals surface area contributed by atoms with Crippen LogP contribution in [0.15, 0.2) is 18.2 Å². The summed E-state index contributed by atoms with van der Waals surface area (Å²) >= 11 is 7.91. The van der Waals surface area contributed by atoms with Gasteiger partial charge in [-0.05, 0) is 31.2 Å². The topological polar surface area (TPSA) is 38.0 Å². The second-order valence-electron chi connectivity index (χ2n) is 4.15. The molecule has 96 valence electrons. The highest BCUT2D eigenvalue weighted by molar-refractivity contribution is 8.00. The van der Waals surface area contributed by atoms with E-state index in [9.17, 15) is 0 Å². The molecular formula is C13H21ClN2S. The molecule has 1 aromatic rings. The minimum Gasteiger partial charge on any atom is -0.396 e.